The first-order valence-corrected chi connectivity index (χ1v) is 6.07. The van der Waals surface area contributed by atoms with E-state index in [1.54, 1.807) is 19.5 Å². The fourth-order valence-electron chi connectivity index (χ4n) is 1.80. The van der Waals surface area contributed by atoms with Gasteiger partial charge in [-0.3, -0.25) is 9.89 Å². The number of hydrogen-bond donors (Lipinski definition) is 2. The smallest absolute Gasteiger partial charge is 0.224 e. The first-order valence-electron chi connectivity index (χ1n) is 6.07. The van der Waals surface area contributed by atoms with Crippen LogP contribution >= 0.6 is 0 Å². The zero-order valence-electron chi connectivity index (χ0n) is 11.1. The standard InChI is InChI=1S/C14H17N3O2/c1-10-3-4-11(5-13(10)19-2)6-14(18)15-7-12-8-16-17-9-12/h3-5,8-9H,6-7H2,1-2H3,(H,15,18)(H,16,17). The number of ether oxygens (including phenoxy) is 1. The number of rotatable bonds is 5. The predicted molar refractivity (Wildman–Crippen MR) is 71.9 cm³/mol. The molecule has 1 aromatic heterocycles. The third kappa shape index (κ3) is 3.58. The number of methoxy groups -OCH3 is 1. The minimum Gasteiger partial charge on any atom is -0.496 e. The number of nitrogens with zero attached hydrogens (tertiary/aromatic N) is 1. The Labute approximate surface area is 112 Å². The van der Waals surface area contributed by atoms with Crippen molar-refractivity contribution in [2.75, 3.05) is 7.11 Å². The maximum Gasteiger partial charge on any atom is 0.224 e. The Morgan fingerprint density at radius 3 is 2.95 bits per heavy atom. The van der Waals surface area contributed by atoms with Crippen LogP contribution in [0.5, 0.6) is 5.75 Å². The Bertz CT molecular complexity index is 550. The minimum atomic E-state index is -0.0212. The van der Waals surface area contributed by atoms with Gasteiger partial charge in [0.15, 0.2) is 0 Å². The first-order chi connectivity index (χ1) is 9.19. The summed E-state index contributed by atoms with van der Waals surface area (Å²) in [6, 6.07) is 5.79. The summed E-state index contributed by atoms with van der Waals surface area (Å²) in [5, 5.41) is 9.38. The molecule has 1 amide bonds. The highest BCUT2D eigenvalue weighted by atomic mass is 16.5. The zero-order valence-corrected chi connectivity index (χ0v) is 11.1. The van der Waals surface area contributed by atoms with E-state index in [4.69, 9.17) is 4.74 Å². The third-order valence-corrected chi connectivity index (χ3v) is 2.88. The summed E-state index contributed by atoms with van der Waals surface area (Å²) in [6.07, 6.45) is 3.79. The molecule has 0 fully saturated rings. The van der Waals surface area contributed by atoms with Crippen molar-refractivity contribution in [3.63, 3.8) is 0 Å². The van der Waals surface area contributed by atoms with Crippen LogP contribution in [0.15, 0.2) is 30.6 Å². The molecule has 0 aliphatic rings. The van der Waals surface area contributed by atoms with Crippen molar-refractivity contribution in [1.82, 2.24) is 15.5 Å². The van der Waals surface area contributed by atoms with Crippen LogP contribution in [0, 0.1) is 6.92 Å². The van der Waals surface area contributed by atoms with Crippen LogP contribution in [0.4, 0.5) is 0 Å². The topological polar surface area (TPSA) is 67.0 Å². The second-order valence-corrected chi connectivity index (χ2v) is 4.36. The molecule has 2 N–H and O–H groups in total. The van der Waals surface area contributed by atoms with E-state index in [2.05, 4.69) is 15.5 Å². The highest BCUT2D eigenvalue weighted by molar-refractivity contribution is 5.78. The quantitative estimate of drug-likeness (QED) is 0.856. The van der Waals surface area contributed by atoms with Gasteiger partial charge in [0.1, 0.15) is 5.75 Å². The van der Waals surface area contributed by atoms with Crippen molar-refractivity contribution in [2.24, 2.45) is 0 Å². The molecule has 1 heterocycles. The number of benzene rings is 1. The Kier molecular flexibility index (Phi) is 4.18. The fraction of sp³-hybridized carbons (Fsp3) is 0.286. The Morgan fingerprint density at radius 1 is 1.42 bits per heavy atom. The lowest BCUT2D eigenvalue weighted by atomic mass is 10.1. The van der Waals surface area contributed by atoms with Gasteiger partial charge in [0.05, 0.1) is 19.7 Å². The third-order valence-electron chi connectivity index (χ3n) is 2.88. The summed E-state index contributed by atoms with van der Waals surface area (Å²) in [6.45, 7) is 2.46. The van der Waals surface area contributed by atoms with Crippen LogP contribution in [0.2, 0.25) is 0 Å². The van der Waals surface area contributed by atoms with Crippen molar-refractivity contribution in [3.8, 4) is 5.75 Å². The highest BCUT2D eigenvalue weighted by Gasteiger charge is 2.06. The lowest BCUT2D eigenvalue weighted by Gasteiger charge is -2.08. The number of nitrogens with one attached hydrogen (secondary N) is 2. The molecule has 2 rings (SSSR count). The van der Waals surface area contributed by atoms with Gasteiger partial charge in [-0.2, -0.15) is 5.10 Å². The number of hydrogen-bond acceptors (Lipinski definition) is 3. The molecule has 0 unspecified atom stereocenters. The average Bonchev–Trinajstić information content (AvgIpc) is 2.92. The number of carbonyl (C=O) groups excluding carboxylic acids is 1. The normalized spacial score (nSPS) is 10.2. The Hall–Kier alpha value is -2.30. The second-order valence-electron chi connectivity index (χ2n) is 4.36. The molecule has 5 heteroatoms. The molecule has 0 bridgehead atoms. The van der Waals surface area contributed by atoms with Gasteiger partial charge in [0.2, 0.25) is 5.91 Å². The Morgan fingerprint density at radius 2 is 2.26 bits per heavy atom. The molecule has 0 aliphatic carbocycles. The van der Waals surface area contributed by atoms with Gasteiger partial charge in [-0.1, -0.05) is 12.1 Å². The summed E-state index contributed by atoms with van der Waals surface area (Å²) < 4.78 is 5.24. The highest BCUT2D eigenvalue weighted by Crippen LogP contribution is 2.19. The molecule has 0 spiro atoms. The van der Waals surface area contributed by atoms with E-state index < -0.39 is 0 Å². The molecule has 100 valence electrons. The van der Waals surface area contributed by atoms with E-state index >= 15 is 0 Å². The zero-order chi connectivity index (χ0) is 13.7. The monoisotopic (exact) mass is 259 g/mol. The number of carbonyl (C=O) groups is 1. The van der Waals surface area contributed by atoms with Crippen LogP contribution in [0.25, 0.3) is 0 Å². The van der Waals surface area contributed by atoms with Crippen molar-refractivity contribution in [3.05, 3.63) is 47.3 Å². The van der Waals surface area contributed by atoms with Crippen molar-refractivity contribution < 1.29 is 9.53 Å². The number of aromatic amines is 1. The van der Waals surface area contributed by atoms with E-state index in [0.717, 1.165) is 22.4 Å². The molecule has 0 radical (unpaired) electrons. The van der Waals surface area contributed by atoms with Crippen LogP contribution in [0.3, 0.4) is 0 Å². The summed E-state index contributed by atoms with van der Waals surface area (Å²) in [5.74, 6) is 0.784. The lowest BCUT2D eigenvalue weighted by Crippen LogP contribution is -2.24. The van der Waals surface area contributed by atoms with Gasteiger partial charge in [0, 0.05) is 18.3 Å². The molecule has 19 heavy (non-hydrogen) atoms. The van der Waals surface area contributed by atoms with Crippen LogP contribution in [-0.2, 0) is 17.8 Å². The summed E-state index contributed by atoms with van der Waals surface area (Å²) in [5.41, 5.74) is 2.95. The SMILES string of the molecule is COc1cc(CC(=O)NCc2cn[nH]c2)ccc1C. The number of aromatic nitrogens is 2. The lowest BCUT2D eigenvalue weighted by molar-refractivity contribution is -0.120. The van der Waals surface area contributed by atoms with Gasteiger partial charge in [-0.25, -0.2) is 0 Å². The van der Waals surface area contributed by atoms with Gasteiger partial charge in [-0.05, 0) is 24.1 Å². The fourth-order valence-corrected chi connectivity index (χ4v) is 1.80. The summed E-state index contributed by atoms with van der Waals surface area (Å²) in [7, 11) is 1.63. The largest absolute Gasteiger partial charge is 0.496 e. The van der Waals surface area contributed by atoms with Crippen molar-refractivity contribution in [1.29, 1.82) is 0 Å². The van der Waals surface area contributed by atoms with Gasteiger partial charge in [-0.15, -0.1) is 0 Å². The maximum atomic E-state index is 11.8. The summed E-state index contributed by atoms with van der Waals surface area (Å²) in [4.78, 5) is 11.8. The van der Waals surface area contributed by atoms with Crippen LogP contribution < -0.4 is 10.1 Å². The van der Waals surface area contributed by atoms with E-state index in [0.29, 0.717) is 13.0 Å². The minimum absolute atomic E-state index is 0.0212. The maximum absolute atomic E-state index is 11.8. The van der Waals surface area contributed by atoms with Crippen LogP contribution in [0.1, 0.15) is 16.7 Å². The molecular formula is C14H17N3O2. The molecule has 0 saturated heterocycles. The number of H-pyrrole nitrogens is 1. The molecule has 5 nitrogen and oxygen atoms in total. The van der Waals surface area contributed by atoms with E-state index in [-0.39, 0.29) is 5.91 Å². The predicted octanol–water partition coefficient (Wildman–Crippen LogP) is 1.59. The Balaban J connectivity index is 1.91. The molecule has 1 aromatic carbocycles. The van der Waals surface area contributed by atoms with Gasteiger partial charge >= 0.3 is 0 Å². The summed E-state index contributed by atoms with van der Waals surface area (Å²) >= 11 is 0. The number of aryl methyl sites for hydroxylation is 1. The van der Waals surface area contributed by atoms with Crippen molar-refractivity contribution >= 4 is 5.91 Å². The van der Waals surface area contributed by atoms with Crippen LogP contribution in [-0.4, -0.2) is 23.2 Å². The number of amides is 1. The van der Waals surface area contributed by atoms with E-state index in [1.165, 1.54) is 0 Å². The molecule has 2 aromatic rings. The molecular weight excluding hydrogens is 242 g/mol. The molecule has 0 atom stereocenters. The van der Waals surface area contributed by atoms with Gasteiger partial charge < -0.3 is 10.1 Å². The van der Waals surface area contributed by atoms with Crippen molar-refractivity contribution in [2.45, 2.75) is 19.9 Å². The molecule has 0 saturated carbocycles. The van der Waals surface area contributed by atoms with E-state index in [1.807, 2.05) is 25.1 Å². The molecule has 0 aliphatic heterocycles. The van der Waals surface area contributed by atoms with Gasteiger partial charge in [0.25, 0.3) is 0 Å². The average molecular weight is 259 g/mol. The van der Waals surface area contributed by atoms with E-state index in [9.17, 15) is 4.79 Å². The second kappa shape index (κ2) is 6.04. The first kappa shape index (κ1) is 13.1.